The van der Waals surface area contributed by atoms with Gasteiger partial charge in [0.25, 0.3) is 16.6 Å². The lowest BCUT2D eigenvalue weighted by molar-refractivity contribution is -0.0578. The first kappa shape index (κ1) is 46.7. The SMILES string of the molecule is CC(C(O)COS(=O)(=O)C(F)(F)F)C1(CC(CO[Si](c2ccccc2)(c2ccccc2)C(C)(C)C)O[Si](c2ccccc2)(c2ccccc2)C(C)(C)C)SCCCS1. The fourth-order valence-electron chi connectivity index (χ4n) is 8.19. The average molecular weight is 891 g/mol. The van der Waals surface area contributed by atoms with Crippen molar-refractivity contribution in [2.45, 2.75) is 93.2 Å². The monoisotopic (exact) mass is 890 g/mol. The molecule has 1 aliphatic rings. The van der Waals surface area contributed by atoms with Crippen LogP contribution >= 0.6 is 23.5 Å². The summed E-state index contributed by atoms with van der Waals surface area (Å²) in [6.45, 7) is 14.2. The van der Waals surface area contributed by atoms with E-state index in [0.29, 0.717) is 6.42 Å². The molecule has 0 radical (unpaired) electrons. The summed E-state index contributed by atoms with van der Waals surface area (Å²) in [5.74, 6) is 0.782. The van der Waals surface area contributed by atoms with Gasteiger partial charge in [-0.1, -0.05) is 170 Å². The molecule has 14 heteroatoms. The summed E-state index contributed by atoms with van der Waals surface area (Å²) in [6.07, 6.45) is -0.853. The molecule has 4 aromatic carbocycles. The van der Waals surface area contributed by atoms with Gasteiger partial charge in [0.1, 0.15) is 0 Å². The number of aliphatic hydroxyl groups excluding tert-OH is 1. The maximum absolute atomic E-state index is 13.3. The topological polar surface area (TPSA) is 82.1 Å². The quantitative estimate of drug-likeness (QED) is 0.0684. The van der Waals surface area contributed by atoms with Gasteiger partial charge in [0.05, 0.1) is 29.5 Å². The van der Waals surface area contributed by atoms with Crippen molar-refractivity contribution in [1.29, 1.82) is 0 Å². The first-order valence-corrected chi connectivity index (χ1v) is 26.9. The van der Waals surface area contributed by atoms with Gasteiger partial charge in [-0.15, -0.1) is 23.5 Å². The van der Waals surface area contributed by atoms with E-state index >= 15 is 0 Å². The lowest BCUT2D eigenvalue weighted by atomic mass is 9.96. The molecule has 0 aliphatic carbocycles. The largest absolute Gasteiger partial charge is 0.523 e. The van der Waals surface area contributed by atoms with Crippen LogP contribution in [-0.2, 0) is 23.2 Å². The van der Waals surface area contributed by atoms with Crippen LogP contribution in [0, 0.1) is 5.92 Å². The fourth-order valence-corrected chi connectivity index (χ4v) is 21.6. The molecule has 1 fully saturated rings. The minimum absolute atomic E-state index is 0.183. The second-order valence-electron chi connectivity index (χ2n) is 17.0. The second kappa shape index (κ2) is 18.7. The van der Waals surface area contributed by atoms with Gasteiger partial charge < -0.3 is 14.0 Å². The number of benzene rings is 4. The zero-order valence-electron chi connectivity index (χ0n) is 34.4. The van der Waals surface area contributed by atoms with Crippen LogP contribution in [0.4, 0.5) is 13.2 Å². The van der Waals surface area contributed by atoms with Crippen molar-refractivity contribution in [2.24, 2.45) is 5.92 Å². The number of rotatable bonds is 16. The third-order valence-electron chi connectivity index (χ3n) is 11.1. The Labute approximate surface area is 354 Å². The molecule has 0 bridgehead atoms. The molecule has 3 unspecified atom stereocenters. The summed E-state index contributed by atoms with van der Waals surface area (Å²) >= 11 is 3.28. The molecule has 3 atom stereocenters. The number of hydrogen-bond acceptors (Lipinski definition) is 8. The lowest BCUT2D eigenvalue weighted by Gasteiger charge is -2.50. The van der Waals surface area contributed by atoms with Crippen LogP contribution in [0.3, 0.4) is 0 Å². The molecule has 0 saturated carbocycles. The minimum atomic E-state index is -5.90. The highest BCUT2D eigenvalue weighted by Gasteiger charge is 2.56. The molecule has 316 valence electrons. The molecule has 4 aromatic rings. The lowest BCUT2D eigenvalue weighted by Crippen LogP contribution is -2.70. The van der Waals surface area contributed by atoms with Crippen LogP contribution in [0.5, 0.6) is 0 Å². The summed E-state index contributed by atoms with van der Waals surface area (Å²) in [6, 6.07) is 41.4. The Kier molecular flexibility index (Phi) is 15.0. The number of thioether (sulfide) groups is 2. The third-order valence-corrected chi connectivity index (χ3v) is 26.0. The van der Waals surface area contributed by atoms with E-state index < -0.39 is 66.1 Å². The van der Waals surface area contributed by atoms with E-state index in [9.17, 15) is 26.7 Å². The fraction of sp³-hybridized carbons (Fsp3) is 0.455. The van der Waals surface area contributed by atoms with Crippen molar-refractivity contribution in [1.82, 2.24) is 0 Å². The van der Waals surface area contributed by atoms with E-state index in [4.69, 9.17) is 8.85 Å². The second-order valence-corrected chi connectivity index (χ2v) is 30.3. The smallest absolute Gasteiger partial charge is 0.405 e. The Morgan fingerprint density at radius 2 is 1.05 bits per heavy atom. The molecule has 1 heterocycles. The van der Waals surface area contributed by atoms with Crippen molar-refractivity contribution >= 4 is 71.0 Å². The van der Waals surface area contributed by atoms with Gasteiger partial charge in [-0.2, -0.15) is 21.6 Å². The highest BCUT2D eigenvalue weighted by molar-refractivity contribution is 8.18. The van der Waals surface area contributed by atoms with Gasteiger partial charge in [0, 0.05) is 5.92 Å². The molecule has 6 nitrogen and oxygen atoms in total. The molecule has 1 N–H and O–H groups in total. The Morgan fingerprint density at radius 3 is 1.41 bits per heavy atom. The van der Waals surface area contributed by atoms with Crippen molar-refractivity contribution in [3.63, 3.8) is 0 Å². The first-order chi connectivity index (χ1) is 27.2. The number of alkyl halides is 3. The molecule has 0 aromatic heterocycles. The Hall–Kier alpha value is -2.41. The molecule has 1 aliphatic heterocycles. The zero-order chi connectivity index (χ0) is 42.5. The summed E-state index contributed by atoms with van der Waals surface area (Å²) in [7, 11) is -12.2. The Morgan fingerprint density at radius 1 is 0.672 bits per heavy atom. The van der Waals surface area contributed by atoms with Crippen LogP contribution in [0.2, 0.25) is 10.1 Å². The van der Waals surface area contributed by atoms with Crippen molar-refractivity contribution in [2.75, 3.05) is 24.7 Å². The predicted octanol–water partition coefficient (Wildman–Crippen LogP) is 8.33. The van der Waals surface area contributed by atoms with Crippen LogP contribution in [0.25, 0.3) is 0 Å². The van der Waals surface area contributed by atoms with Gasteiger partial charge in [-0.05, 0) is 55.2 Å². The van der Waals surface area contributed by atoms with Gasteiger partial charge in [-0.25, -0.2) is 0 Å². The molecule has 0 spiro atoms. The Bertz CT molecular complexity index is 1910. The van der Waals surface area contributed by atoms with E-state index in [0.717, 1.165) is 38.7 Å². The molecule has 0 amide bonds. The average Bonchev–Trinajstić information content (AvgIpc) is 3.19. The van der Waals surface area contributed by atoms with E-state index in [1.54, 1.807) is 30.4 Å². The van der Waals surface area contributed by atoms with Gasteiger partial charge >= 0.3 is 15.6 Å². The minimum Gasteiger partial charge on any atom is -0.405 e. The molecule has 58 heavy (non-hydrogen) atoms. The van der Waals surface area contributed by atoms with Crippen molar-refractivity contribution in [3.05, 3.63) is 121 Å². The summed E-state index contributed by atoms with van der Waals surface area (Å²) in [5.41, 5.74) is -5.60. The number of halogens is 3. The predicted molar refractivity (Wildman–Crippen MR) is 239 cm³/mol. The van der Waals surface area contributed by atoms with E-state index in [1.165, 1.54) is 0 Å². The van der Waals surface area contributed by atoms with E-state index in [1.807, 2.05) is 72.8 Å². The summed E-state index contributed by atoms with van der Waals surface area (Å²) in [4.78, 5) is 0. The zero-order valence-corrected chi connectivity index (χ0v) is 38.8. The third kappa shape index (κ3) is 9.86. The Balaban J connectivity index is 1.69. The molecular weight excluding hydrogens is 834 g/mol. The standard InChI is InChI=1S/C44H57F3O6S3Si2/c1-34(40(48)33-51-56(49,50)44(45,46)47)43(54-29-20-30-55-43)31-35(53-58(42(5,6)7,38-25-16-10-17-26-38)39-27-18-11-19-28-39)32-52-57(41(2,3)4,36-21-12-8-13-22-36)37-23-14-9-15-24-37/h8-19,21-28,34-35,40,48H,20,29-33H2,1-7H3. The number of aliphatic hydroxyl groups is 1. The first-order valence-electron chi connectivity index (χ1n) is 19.7. The van der Waals surface area contributed by atoms with Crippen LogP contribution in [0.15, 0.2) is 121 Å². The van der Waals surface area contributed by atoms with Crippen LogP contribution in [-0.4, -0.2) is 76.7 Å². The van der Waals surface area contributed by atoms with Crippen LogP contribution in [0.1, 0.15) is 61.3 Å². The van der Waals surface area contributed by atoms with Crippen molar-refractivity contribution in [3.8, 4) is 0 Å². The summed E-state index contributed by atoms with van der Waals surface area (Å²) < 4.78 is 83.0. The van der Waals surface area contributed by atoms with E-state index in [2.05, 4.69) is 94.3 Å². The van der Waals surface area contributed by atoms with E-state index in [-0.39, 0.29) is 11.6 Å². The van der Waals surface area contributed by atoms with Gasteiger partial charge in [-0.3, -0.25) is 4.18 Å². The van der Waals surface area contributed by atoms with Crippen LogP contribution < -0.4 is 20.7 Å². The summed E-state index contributed by atoms with van der Waals surface area (Å²) in [5, 5.41) is 15.2. The molecule has 1 saturated heterocycles. The highest BCUT2D eigenvalue weighted by Crippen LogP contribution is 2.53. The highest BCUT2D eigenvalue weighted by atomic mass is 32.2. The maximum Gasteiger partial charge on any atom is 0.523 e. The van der Waals surface area contributed by atoms with Crippen molar-refractivity contribution < 1.29 is 39.7 Å². The van der Waals surface area contributed by atoms with Gasteiger partial charge in [0.2, 0.25) is 0 Å². The molecular formula is C44H57F3O6S3Si2. The van der Waals surface area contributed by atoms with Gasteiger partial charge in [0.15, 0.2) is 0 Å². The number of hydrogen-bond donors (Lipinski definition) is 1. The maximum atomic E-state index is 13.3. The normalized spacial score (nSPS) is 17.4. The molecule has 5 rings (SSSR count).